The first kappa shape index (κ1) is 17.5. The number of rotatable bonds is 5. The summed E-state index contributed by atoms with van der Waals surface area (Å²) in [5, 5.41) is 8.14. The Bertz CT molecular complexity index is 747. The summed E-state index contributed by atoms with van der Waals surface area (Å²) in [6.07, 6.45) is 0.538. The van der Waals surface area contributed by atoms with Crippen molar-refractivity contribution in [2.45, 2.75) is 20.3 Å². The van der Waals surface area contributed by atoms with E-state index in [1.165, 1.54) is 19.1 Å². The Hall–Kier alpha value is -2.89. The fraction of sp³-hybridized carbons (Fsp3) is 0.222. The van der Waals surface area contributed by atoms with E-state index in [1.54, 1.807) is 18.2 Å². The number of hydrogen-bond donors (Lipinski definition) is 3. The maximum Gasteiger partial charge on any atom is 0.319 e. The van der Waals surface area contributed by atoms with Gasteiger partial charge in [-0.05, 0) is 48.7 Å². The van der Waals surface area contributed by atoms with Crippen molar-refractivity contribution in [2.75, 3.05) is 17.2 Å². The minimum Gasteiger partial charge on any atom is -0.338 e. The summed E-state index contributed by atoms with van der Waals surface area (Å²) >= 11 is 0. The van der Waals surface area contributed by atoms with Gasteiger partial charge >= 0.3 is 6.03 Å². The lowest BCUT2D eigenvalue weighted by atomic mass is 10.1. The number of carbonyl (C=O) groups excluding carboxylic acids is 2. The van der Waals surface area contributed by atoms with Gasteiger partial charge in [0.1, 0.15) is 5.82 Å². The lowest BCUT2D eigenvalue weighted by Gasteiger charge is -2.12. The summed E-state index contributed by atoms with van der Waals surface area (Å²) in [4.78, 5) is 23.1. The fourth-order valence-electron chi connectivity index (χ4n) is 2.22. The van der Waals surface area contributed by atoms with Crippen LogP contribution < -0.4 is 16.0 Å². The van der Waals surface area contributed by atoms with E-state index < -0.39 is 0 Å². The Kier molecular flexibility index (Phi) is 5.89. The predicted octanol–water partition coefficient (Wildman–Crippen LogP) is 3.46. The van der Waals surface area contributed by atoms with Crippen molar-refractivity contribution in [3.05, 3.63) is 59.4 Å². The molecule has 2 rings (SSSR count). The number of hydrogen-bond acceptors (Lipinski definition) is 2. The largest absolute Gasteiger partial charge is 0.338 e. The van der Waals surface area contributed by atoms with Crippen molar-refractivity contribution < 1.29 is 14.0 Å². The molecule has 0 unspecified atom stereocenters. The smallest absolute Gasteiger partial charge is 0.319 e. The third kappa shape index (κ3) is 5.39. The molecule has 0 heterocycles. The van der Waals surface area contributed by atoms with Crippen LogP contribution >= 0.6 is 0 Å². The normalized spacial score (nSPS) is 10.1. The Morgan fingerprint density at radius 3 is 2.58 bits per heavy atom. The molecule has 0 aliphatic rings. The molecule has 0 aliphatic carbocycles. The zero-order valence-electron chi connectivity index (χ0n) is 13.7. The second kappa shape index (κ2) is 8.10. The van der Waals surface area contributed by atoms with Crippen LogP contribution in [0.2, 0.25) is 0 Å². The summed E-state index contributed by atoms with van der Waals surface area (Å²) in [6, 6.07) is 11.2. The molecule has 126 valence electrons. The highest BCUT2D eigenvalue weighted by Gasteiger charge is 2.06. The first-order chi connectivity index (χ1) is 11.4. The summed E-state index contributed by atoms with van der Waals surface area (Å²) in [7, 11) is 0. The Labute approximate surface area is 140 Å². The lowest BCUT2D eigenvalue weighted by molar-refractivity contribution is -0.114. The highest BCUT2D eigenvalue weighted by atomic mass is 19.1. The Balaban J connectivity index is 1.88. The van der Waals surface area contributed by atoms with Gasteiger partial charge in [0.2, 0.25) is 5.91 Å². The van der Waals surface area contributed by atoms with Gasteiger partial charge in [0.05, 0.1) is 0 Å². The van der Waals surface area contributed by atoms with E-state index in [2.05, 4.69) is 16.0 Å². The van der Waals surface area contributed by atoms with Crippen molar-refractivity contribution in [3.8, 4) is 0 Å². The number of halogens is 1. The number of aryl methyl sites for hydroxylation is 1. The zero-order chi connectivity index (χ0) is 17.5. The van der Waals surface area contributed by atoms with E-state index in [4.69, 9.17) is 0 Å². The molecule has 0 radical (unpaired) electrons. The van der Waals surface area contributed by atoms with Gasteiger partial charge in [-0.1, -0.05) is 18.2 Å². The number of amides is 3. The summed E-state index contributed by atoms with van der Waals surface area (Å²) in [5.41, 5.74) is 2.93. The van der Waals surface area contributed by atoms with Crippen LogP contribution in [0.5, 0.6) is 0 Å². The summed E-state index contributed by atoms with van der Waals surface area (Å²) < 4.78 is 13.1. The molecule has 0 atom stereocenters. The van der Waals surface area contributed by atoms with Crippen LogP contribution in [-0.4, -0.2) is 18.5 Å². The molecule has 0 saturated carbocycles. The standard InChI is InChI=1S/C18H20FN3O2/c1-12-6-7-16(21-13(2)23)11-17(12)22-18(24)20-9-8-14-4-3-5-15(19)10-14/h3-7,10-11H,8-9H2,1-2H3,(H,21,23)(H2,20,22,24). The molecule has 5 nitrogen and oxygen atoms in total. The maximum absolute atomic E-state index is 13.1. The van der Waals surface area contributed by atoms with Crippen LogP contribution in [0.15, 0.2) is 42.5 Å². The molecule has 0 fully saturated rings. The topological polar surface area (TPSA) is 70.2 Å². The number of anilines is 2. The molecule has 3 amide bonds. The Morgan fingerprint density at radius 1 is 1.08 bits per heavy atom. The van der Waals surface area contributed by atoms with Crippen LogP contribution in [0, 0.1) is 12.7 Å². The van der Waals surface area contributed by atoms with Crippen molar-refractivity contribution >= 4 is 23.3 Å². The molecule has 0 aromatic heterocycles. The van der Waals surface area contributed by atoms with Gasteiger partial charge in [0.15, 0.2) is 0 Å². The zero-order valence-corrected chi connectivity index (χ0v) is 13.7. The van der Waals surface area contributed by atoms with Crippen LogP contribution in [0.4, 0.5) is 20.6 Å². The van der Waals surface area contributed by atoms with Gasteiger partial charge in [-0.15, -0.1) is 0 Å². The third-order valence-electron chi connectivity index (χ3n) is 3.39. The van der Waals surface area contributed by atoms with Gasteiger partial charge < -0.3 is 16.0 Å². The van der Waals surface area contributed by atoms with Crippen molar-refractivity contribution in [3.63, 3.8) is 0 Å². The second-order valence-electron chi connectivity index (χ2n) is 5.47. The average molecular weight is 329 g/mol. The molecule has 0 spiro atoms. The lowest BCUT2D eigenvalue weighted by Crippen LogP contribution is -2.30. The summed E-state index contributed by atoms with van der Waals surface area (Å²) in [6.45, 7) is 3.67. The van der Waals surface area contributed by atoms with Gasteiger partial charge in [-0.25, -0.2) is 9.18 Å². The van der Waals surface area contributed by atoms with Crippen LogP contribution in [-0.2, 0) is 11.2 Å². The molecular weight excluding hydrogens is 309 g/mol. The quantitative estimate of drug-likeness (QED) is 0.786. The second-order valence-corrected chi connectivity index (χ2v) is 5.47. The van der Waals surface area contributed by atoms with Crippen molar-refractivity contribution in [1.82, 2.24) is 5.32 Å². The number of benzene rings is 2. The minimum atomic E-state index is -0.352. The Morgan fingerprint density at radius 2 is 1.88 bits per heavy atom. The molecule has 0 aliphatic heterocycles. The first-order valence-corrected chi connectivity index (χ1v) is 7.61. The van der Waals surface area contributed by atoms with E-state index in [-0.39, 0.29) is 17.8 Å². The van der Waals surface area contributed by atoms with Gasteiger partial charge in [-0.2, -0.15) is 0 Å². The van der Waals surface area contributed by atoms with Crippen molar-refractivity contribution in [1.29, 1.82) is 0 Å². The predicted molar refractivity (Wildman–Crippen MR) is 92.6 cm³/mol. The molecule has 6 heteroatoms. The van der Waals surface area contributed by atoms with Crippen LogP contribution in [0.3, 0.4) is 0 Å². The van der Waals surface area contributed by atoms with E-state index in [0.29, 0.717) is 24.3 Å². The molecule has 3 N–H and O–H groups in total. The molecule has 0 bridgehead atoms. The van der Waals surface area contributed by atoms with Gasteiger partial charge in [0.25, 0.3) is 0 Å². The number of carbonyl (C=O) groups is 2. The van der Waals surface area contributed by atoms with Crippen LogP contribution in [0.25, 0.3) is 0 Å². The SMILES string of the molecule is CC(=O)Nc1ccc(C)c(NC(=O)NCCc2cccc(F)c2)c1. The third-order valence-corrected chi connectivity index (χ3v) is 3.39. The molecule has 24 heavy (non-hydrogen) atoms. The minimum absolute atomic E-state index is 0.177. The van der Waals surface area contributed by atoms with Crippen LogP contribution in [0.1, 0.15) is 18.1 Å². The average Bonchev–Trinajstić information content (AvgIpc) is 2.50. The van der Waals surface area contributed by atoms with E-state index in [9.17, 15) is 14.0 Å². The molecular formula is C18H20FN3O2. The first-order valence-electron chi connectivity index (χ1n) is 7.61. The summed E-state index contributed by atoms with van der Waals surface area (Å²) in [5.74, 6) is -0.466. The highest BCUT2D eigenvalue weighted by molar-refractivity contribution is 5.93. The van der Waals surface area contributed by atoms with Gasteiger partial charge in [-0.3, -0.25) is 4.79 Å². The highest BCUT2D eigenvalue weighted by Crippen LogP contribution is 2.20. The monoisotopic (exact) mass is 329 g/mol. The number of urea groups is 1. The fourth-order valence-corrected chi connectivity index (χ4v) is 2.22. The molecule has 2 aromatic carbocycles. The molecule has 2 aromatic rings. The maximum atomic E-state index is 13.1. The van der Waals surface area contributed by atoms with E-state index in [1.807, 2.05) is 19.1 Å². The van der Waals surface area contributed by atoms with E-state index >= 15 is 0 Å². The van der Waals surface area contributed by atoms with E-state index in [0.717, 1.165) is 11.1 Å². The molecule has 0 saturated heterocycles. The van der Waals surface area contributed by atoms with Crippen molar-refractivity contribution in [2.24, 2.45) is 0 Å². The van der Waals surface area contributed by atoms with Gasteiger partial charge in [0, 0.05) is 24.8 Å². The number of nitrogens with one attached hydrogen (secondary N) is 3.